The van der Waals surface area contributed by atoms with Gasteiger partial charge >= 0.3 is 0 Å². The SMILES string of the molecule is CC1Cc2c(ncc(C3OCCO3)c2Cl)N1. The van der Waals surface area contributed by atoms with E-state index in [9.17, 15) is 0 Å². The number of aromatic nitrogens is 1. The standard InChI is InChI=1S/C11H13ClN2O2/c1-6-4-7-9(12)8(5-13-10(7)14-6)11-15-2-3-16-11/h5-6,11H,2-4H2,1H3,(H,13,14). The summed E-state index contributed by atoms with van der Waals surface area (Å²) in [6, 6.07) is 0.390. The number of fused-ring (bicyclic) bond motifs is 1. The van der Waals surface area contributed by atoms with Gasteiger partial charge in [0.1, 0.15) is 5.82 Å². The third-order valence-electron chi connectivity index (χ3n) is 2.91. The number of rotatable bonds is 1. The Hall–Kier alpha value is -0.840. The molecule has 1 atom stereocenters. The summed E-state index contributed by atoms with van der Waals surface area (Å²) in [5.74, 6) is 0.888. The summed E-state index contributed by atoms with van der Waals surface area (Å²) >= 11 is 6.36. The van der Waals surface area contributed by atoms with E-state index in [1.807, 2.05) is 0 Å². The van der Waals surface area contributed by atoms with Gasteiger partial charge in [-0.25, -0.2) is 4.98 Å². The second-order valence-electron chi connectivity index (χ2n) is 4.18. The maximum atomic E-state index is 6.36. The Morgan fingerprint density at radius 2 is 2.19 bits per heavy atom. The van der Waals surface area contributed by atoms with Crippen molar-refractivity contribution in [1.29, 1.82) is 0 Å². The van der Waals surface area contributed by atoms with Gasteiger partial charge in [-0.15, -0.1) is 0 Å². The number of pyridine rings is 1. The van der Waals surface area contributed by atoms with Crippen molar-refractivity contribution in [2.24, 2.45) is 0 Å². The lowest BCUT2D eigenvalue weighted by molar-refractivity contribution is -0.0442. The molecule has 1 aromatic rings. The molecule has 0 saturated carbocycles. The van der Waals surface area contributed by atoms with Crippen LogP contribution in [0.5, 0.6) is 0 Å². The van der Waals surface area contributed by atoms with E-state index in [1.54, 1.807) is 6.20 Å². The first-order chi connectivity index (χ1) is 7.75. The van der Waals surface area contributed by atoms with Crippen molar-refractivity contribution in [2.45, 2.75) is 25.7 Å². The lowest BCUT2D eigenvalue weighted by Crippen LogP contribution is -2.08. The fourth-order valence-corrected chi connectivity index (χ4v) is 2.45. The first-order valence-corrected chi connectivity index (χ1v) is 5.80. The number of hydrogen-bond acceptors (Lipinski definition) is 4. The van der Waals surface area contributed by atoms with Gasteiger partial charge in [0, 0.05) is 23.4 Å². The van der Waals surface area contributed by atoms with E-state index in [4.69, 9.17) is 21.1 Å². The lowest BCUT2D eigenvalue weighted by Gasteiger charge is -2.12. The molecule has 0 aromatic carbocycles. The molecule has 5 heteroatoms. The molecule has 86 valence electrons. The molecule has 0 radical (unpaired) electrons. The maximum absolute atomic E-state index is 6.36. The molecule has 0 aliphatic carbocycles. The van der Waals surface area contributed by atoms with Gasteiger partial charge in [0.25, 0.3) is 0 Å². The average molecular weight is 241 g/mol. The van der Waals surface area contributed by atoms with Gasteiger partial charge in [0.2, 0.25) is 0 Å². The zero-order chi connectivity index (χ0) is 11.1. The summed E-state index contributed by atoms with van der Waals surface area (Å²) in [7, 11) is 0. The molecule has 1 unspecified atom stereocenters. The molecule has 0 amide bonds. The maximum Gasteiger partial charge on any atom is 0.186 e. The van der Waals surface area contributed by atoms with Crippen molar-refractivity contribution >= 4 is 17.4 Å². The highest BCUT2D eigenvalue weighted by Crippen LogP contribution is 2.37. The van der Waals surface area contributed by atoms with Crippen LogP contribution in [0.2, 0.25) is 5.02 Å². The van der Waals surface area contributed by atoms with Crippen LogP contribution in [0.3, 0.4) is 0 Å². The van der Waals surface area contributed by atoms with Crippen LogP contribution in [-0.2, 0) is 15.9 Å². The molecule has 1 aromatic heterocycles. The van der Waals surface area contributed by atoms with Crippen LogP contribution in [0.1, 0.15) is 24.3 Å². The third-order valence-corrected chi connectivity index (χ3v) is 3.35. The molecule has 0 bridgehead atoms. The summed E-state index contributed by atoms with van der Waals surface area (Å²) in [6.07, 6.45) is 2.30. The number of anilines is 1. The van der Waals surface area contributed by atoms with E-state index in [2.05, 4.69) is 17.2 Å². The highest BCUT2D eigenvalue weighted by atomic mass is 35.5. The molecule has 1 fully saturated rings. The number of ether oxygens (including phenoxy) is 2. The summed E-state index contributed by atoms with van der Waals surface area (Å²) in [6.45, 7) is 3.35. The first kappa shape index (κ1) is 10.3. The normalized spacial score (nSPS) is 24.5. The topological polar surface area (TPSA) is 43.4 Å². The predicted octanol–water partition coefficient (Wildman–Crippen LogP) is 2.14. The van der Waals surface area contributed by atoms with Crippen molar-refractivity contribution < 1.29 is 9.47 Å². The van der Waals surface area contributed by atoms with Gasteiger partial charge in [-0.2, -0.15) is 0 Å². The molecule has 3 rings (SSSR count). The van der Waals surface area contributed by atoms with E-state index in [-0.39, 0.29) is 6.29 Å². The molecule has 16 heavy (non-hydrogen) atoms. The largest absolute Gasteiger partial charge is 0.367 e. The first-order valence-electron chi connectivity index (χ1n) is 5.42. The van der Waals surface area contributed by atoms with Crippen LogP contribution in [0, 0.1) is 0 Å². The van der Waals surface area contributed by atoms with E-state index in [0.717, 1.165) is 28.4 Å². The van der Waals surface area contributed by atoms with Gasteiger partial charge in [-0.3, -0.25) is 0 Å². The zero-order valence-electron chi connectivity index (χ0n) is 9.00. The second-order valence-corrected chi connectivity index (χ2v) is 4.56. The Bertz CT molecular complexity index is 419. The fraction of sp³-hybridized carbons (Fsp3) is 0.545. The van der Waals surface area contributed by atoms with Gasteiger partial charge in [-0.05, 0) is 13.3 Å². The predicted molar refractivity (Wildman–Crippen MR) is 60.7 cm³/mol. The molecule has 2 aliphatic heterocycles. The highest BCUT2D eigenvalue weighted by Gasteiger charge is 2.27. The molecule has 1 saturated heterocycles. The number of halogens is 1. The Morgan fingerprint density at radius 1 is 1.44 bits per heavy atom. The van der Waals surface area contributed by atoms with Crippen molar-refractivity contribution in [3.8, 4) is 0 Å². The third kappa shape index (κ3) is 1.57. The van der Waals surface area contributed by atoms with Crippen LogP contribution in [0.4, 0.5) is 5.82 Å². The summed E-state index contributed by atoms with van der Waals surface area (Å²) < 4.78 is 10.9. The quantitative estimate of drug-likeness (QED) is 0.817. The van der Waals surface area contributed by atoms with Crippen molar-refractivity contribution in [1.82, 2.24) is 4.98 Å². The molecule has 1 N–H and O–H groups in total. The summed E-state index contributed by atoms with van der Waals surface area (Å²) in [4.78, 5) is 4.36. The molecule has 0 spiro atoms. The average Bonchev–Trinajstić information content (AvgIpc) is 2.86. The Balaban J connectivity index is 1.99. The smallest absolute Gasteiger partial charge is 0.186 e. The van der Waals surface area contributed by atoms with E-state index in [1.165, 1.54) is 0 Å². The van der Waals surface area contributed by atoms with Crippen molar-refractivity contribution in [3.63, 3.8) is 0 Å². The van der Waals surface area contributed by atoms with E-state index < -0.39 is 0 Å². The summed E-state index contributed by atoms with van der Waals surface area (Å²) in [5.41, 5.74) is 1.92. The molecule has 4 nitrogen and oxygen atoms in total. The summed E-state index contributed by atoms with van der Waals surface area (Å²) in [5, 5.41) is 4.01. The Morgan fingerprint density at radius 3 is 2.94 bits per heavy atom. The Kier molecular flexibility index (Phi) is 2.50. The monoisotopic (exact) mass is 240 g/mol. The highest BCUT2D eigenvalue weighted by molar-refractivity contribution is 6.32. The van der Waals surface area contributed by atoms with Crippen molar-refractivity contribution in [2.75, 3.05) is 18.5 Å². The van der Waals surface area contributed by atoms with Gasteiger partial charge < -0.3 is 14.8 Å². The van der Waals surface area contributed by atoms with Gasteiger partial charge in [-0.1, -0.05) is 11.6 Å². The van der Waals surface area contributed by atoms with Gasteiger partial charge in [0.15, 0.2) is 6.29 Å². The van der Waals surface area contributed by atoms with E-state index in [0.29, 0.717) is 19.3 Å². The number of nitrogens with one attached hydrogen (secondary N) is 1. The van der Waals surface area contributed by atoms with Crippen LogP contribution >= 0.6 is 11.6 Å². The van der Waals surface area contributed by atoms with Crippen LogP contribution in [0.25, 0.3) is 0 Å². The lowest BCUT2D eigenvalue weighted by atomic mass is 10.1. The van der Waals surface area contributed by atoms with Crippen LogP contribution in [-0.4, -0.2) is 24.2 Å². The van der Waals surface area contributed by atoms with E-state index >= 15 is 0 Å². The van der Waals surface area contributed by atoms with Crippen molar-refractivity contribution in [3.05, 3.63) is 22.3 Å². The molecular formula is C11H13ClN2O2. The minimum absolute atomic E-state index is 0.346. The molecule has 3 heterocycles. The molecule has 2 aliphatic rings. The number of nitrogens with zero attached hydrogens (tertiary/aromatic N) is 1. The van der Waals surface area contributed by atoms with Crippen LogP contribution in [0.15, 0.2) is 6.20 Å². The fourth-order valence-electron chi connectivity index (χ4n) is 2.15. The second kappa shape index (κ2) is 3.87. The van der Waals surface area contributed by atoms with Gasteiger partial charge in [0.05, 0.1) is 18.2 Å². The zero-order valence-corrected chi connectivity index (χ0v) is 9.75. The minimum Gasteiger partial charge on any atom is -0.367 e. The number of hydrogen-bond donors (Lipinski definition) is 1. The minimum atomic E-state index is -0.346. The Labute approximate surface area is 98.9 Å². The molecular weight excluding hydrogens is 228 g/mol. The van der Waals surface area contributed by atoms with Crippen LogP contribution < -0.4 is 5.32 Å².